The highest BCUT2D eigenvalue weighted by molar-refractivity contribution is 7.80. The lowest BCUT2D eigenvalue weighted by Crippen LogP contribution is -2.28. The van der Waals surface area contributed by atoms with Crippen molar-refractivity contribution < 1.29 is 37.0 Å². The van der Waals surface area contributed by atoms with E-state index in [4.69, 9.17) is 14.8 Å². The molecule has 10 nitrogen and oxygen atoms in total. The summed E-state index contributed by atoms with van der Waals surface area (Å²) in [7, 11) is -3.29. The average Bonchev–Trinajstić information content (AvgIpc) is 3.09. The van der Waals surface area contributed by atoms with Gasteiger partial charge in [-0.15, -0.1) is 0 Å². The fourth-order valence-corrected chi connectivity index (χ4v) is 1.57. The molecule has 1 aromatic heterocycles. The zero-order valence-corrected chi connectivity index (χ0v) is 14.9. The van der Waals surface area contributed by atoms with Crippen molar-refractivity contribution in [3.05, 3.63) is 48.6 Å². The summed E-state index contributed by atoms with van der Waals surface area (Å²) in [6, 6.07) is 0. The normalized spacial score (nSPS) is 18.3. The van der Waals surface area contributed by atoms with E-state index in [9.17, 15) is 18.0 Å². The number of aromatic nitrogens is 2. The Morgan fingerprint density at radius 3 is 2.31 bits per heavy atom. The van der Waals surface area contributed by atoms with Crippen LogP contribution in [0.5, 0.6) is 0 Å². The molecule has 26 heavy (non-hydrogen) atoms. The van der Waals surface area contributed by atoms with Gasteiger partial charge in [-0.05, 0) is 19.4 Å². The van der Waals surface area contributed by atoms with Gasteiger partial charge in [0.25, 0.3) is 0 Å². The zero-order valence-electron chi connectivity index (χ0n) is 14.1. The molecule has 1 atom stereocenters. The summed E-state index contributed by atoms with van der Waals surface area (Å²) in [6.07, 6.45) is 9.55. The molecule has 0 spiro atoms. The largest absolute Gasteiger partial charge is 0.481 e. The van der Waals surface area contributed by atoms with Crippen molar-refractivity contribution >= 4 is 28.4 Å². The molecule has 4 N–H and O–H groups in total. The Balaban J connectivity index is 0.000000405. The summed E-state index contributed by atoms with van der Waals surface area (Å²) >= 11 is 0. The average molecular weight is 388 g/mol. The molecule has 2 rings (SSSR count). The third kappa shape index (κ3) is 8.92. The second-order valence-corrected chi connectivity index (χ2v) is 6.22. The number of aliphatic carboxylic acids is 2. The van der Waals surface area contributed by atoms with Gasteiger partial charge in [-0.25, -0.2) is 9.78 Å². The first-order valence-electron chi connectivity index (χ1n) is 6.95. The first kappa shape index (κ1) is 23.2. The lowest BCUT2D eigenvalue weighted by atomic mass is 9.80. The highest BCUT2D eigenvalue weighted by Crippen LogP contribution is 2.31. The van der Waals surface area contributed by atoms with Crippen LogP contribution in [0.2, 0.25) is 0 Å². The van der Waals surface area contributed by atoms with Gasteiger partial charge in [0.1, 0.15) is 5.82 Å². The van der Waals surface area contributed by atoms with Crippen LogP contribution in [0.1, 0.15) is 19.2 Å². The molecular formula is C15H20N2O8S. The summed E-state index contributed by atoms with van der Waals surface area (Å²) in [5.74, 6) is -1.24. The summed E-state index contributed by atoms with van der Waals surface area (Å²) in [4.78, 5) is 28.1. The third-order valence-electron chi connectivity index (χ3n) is 3.01. The van der Waals surface area contributed by atoms with E-state index in [1.807, 2.05) is 0 Å². The maximum absolute atomic E-state index is 10.8. The monoisotopic (exact) mass is 388 g/mol. The van der Waals surface area contributed by atoms with Gasteiger partial charge in [-0.1, -0.05) is 24.8 Å². The van der Waals surface area contributed by atoms with Gasteiger partial charge < -0.3 is 15.2 Å². The number of carboxylic acids is 2. The molecule has 144 valence electrons. The highest BCUT2D eigenvalue weighted by Gasteiger charge is 2.34. The summed E-state index contributed by atoms with van der Waals surface area (Å²) in [5.41, 5.74) is -0.949. The van der Waals surface area contributed by atoms with E-state index in [2.05, 4.69) is 20.7 Å². The zero-order chi connectivity index (χ0) is 20.4. The molecule has 11 heteroatoms. The Morgan fingerprint density at radius 1 is 1.42 bits per heavy atom. The standard InChI is InChI=1S/C9H10O4.C5H6N2.CH4O4S/c1-9(8(12)13)4-2-3-6(5-9)7(10)11;1-2-5-6-3-4-7-5;1-5-6(2,3)4/h2-4H,5H2,1H3,(H,10,11)(H,12,13);2-4H,1H2,(H,6,7);1H3,(H,2,3,4). The molecule has 1 aliphatic carbocycles. The van der Waals surface area contributed by atoms with Crippen LogP contribution < -0.4 is 0 Å². The van der Waals surface area contributed by atoms with Crippen molar-refractivity contribution in [2.75, 3.05) is 7.11 Å². The number of carboxylic acid groups (broad SMARTS) is 2. The molecule has 0 bridgehead atoms. The van der Waals surface area contributed by atoms with Gasteiger partial charge in [-0.2, -0.15) is 8.42 Å². The van der Waals surface area contributed by atoms with Crippen molar-refractivity contribution in [3.63, 3.8) is 0 Å². The molecule has 0 radical (unpaired) electrons. The number of nitrogens with one attached hydrogen (secondary N) is 1. The quantitative estimate of drug-likeness (QED) is 0.559. The second kappa shape index (κ2) is 10.3. The number of rotatable bonds is 4. The molecule has 0 fully saturated rings. The summed E-state index contributed by atoms with van der Waals surface area (Å²) in [5, 5.41) is 17.5. The van der Waals surface area contributed by atoms with E-state index in [1.165, 1.54) is 25.2 Å². The van der Waals surface area contributed by atoms with Gasteiger partial charge in [0.05, 0.1) is 12.5 Å². The van der Waals surface area contributed by atoms with Crippen LogP contribution in [0.15, 0.2) is 42.8 Å². The summed E-state index contributed by atoms with van der Waals surface area (Å²) < 4.78 is 29.7. The van der Waals surface area contributed by atoms with Crippen LogP contribution in [-0.2, 0) is 24.2 Å². The number of carbonyl (C=O) groups is 2. The number of allylic oxidation sites excluding steroid dienone is 2. The van der Waals surface area contributed by atoms with Crippen molar-refractivity contribution in [2.45, 2.75) is 13.3 Å². The Labute approximate surface area is 150 Å². The fourth-order valence-electron chi connectivity index (χ4n) is 1.57. The smallest absolute Gasteiger partial charge is 0.397 e. The van der Waals surface area contributed by atoms with E-state index >= 15 is 0 Å². The Morgan fingerprint density at radius 2 is 2.00 bits per heavy atom. The van der Waals surface area contributed by atoms with Gasteiger partial charge >= 0.3 is 22.3 Å². The Hall–Kier alpha value is -2.76. The molecule has 1 heterocycles. The first-order valence-corrected chi connectivity index (χ1v) is 8.31. The van der Waals surface area contributed by atoms with Crippen LogP contribution >= 0.6 is 0 Å². The van der Waals surface area contributed by atoms with E-state index in [0.29, 0.717) is 0 Å². The van der Waals surface area contributed by atoms with Gasteiger partial charge in [0.2, 0.25) is 0 Å². The van der Waals surface area contributed by atoms with Crippen LogP contribution in [0.4, 0.5) is 0 Å². The van der Waals surface area contributed by atoms with E-state index in [-0.39, 0.29) is 12.0 Å². The second-order valence-electron chi connectivity index (χ2n) is 5.03. The molecular weight excluding hydrogens is 368 g/mol. The highest BCUT2D eigenvalue weighted by atomic mass is 32.3. The minimum Gasteiger partial charge on any atom is -0.481 e. The Bertz CT molecular complexity index is 781. The predicted molar refractivity (Wildman–Crippen MR) is 92.5 cm³/mol. The number of H-pyrrole nitrogens is 1. The molecule has 1 aromatic rings. The van der Waals surface area contributed by atoms with Crippen LogP contribution in [0, 0.1) is 5.41 Å². The van der Waals surface area contributed by atoms with Crippen LogP contribution in [0.25, 0.3) is 6.08 Å². The number of hydrogen-bond acceptors (Lipinski definition) is 6. The van der Waals surface area contributed by atoms with Crippen molar-refractivity contribution in [1.82, 2.24) is 9.97 Å². The molecule has 0 aliphatic heterocycles. The molecule has 0 aromatic carbocycles. The lowest BCUT2D eigenvalue weighted by molar-refractivity contribution is -0.145. The topological polar surface area (TPSA) is 167 Å². The molecule has 0 saturated carbocycles. The number of nitrogens with zero attached hydrogens (tertiary/aromatic N) is 1. The van der Waals surface area contributed by atoms with Crippen molar-refractivity contribution in [3.8, 4) is 0 Å². The SMILES string of the molecule is C=Cc1ncc[nH]1.CC1(C(=O)O)C=CC=C(C(=O)O)C1.COS(=O)(=O)O. The maximum Gasteiger partial charge on any atom is 0.397 e. The van der Waals surface area contributed by atoms with Crippen LogP contribution in [-0.4, -0.2) is 52.2 Å². The third-order valence-corrected chi connectivity index (χ3v) is 3.43. The number of hydrogen-bond donors (Lipinski definition) is 4. The molecule has 1 unspecified atom stereocenters. The van der Waals surface area contributed by atoms with E-state index in [1.54, 1.807) is 18.5 Å². The number of aromatic amines is 1. The molecule has 0 amide bonds. The molecule has 1 aliphatic rings. The number of imidazole rings is 1. The Kier molecular flexibility index (Phi) is 9.19. The van der Waals surface area contributed by atoms with Crippen LogP contribution in [0.3, 0.4) is 0 Å². The minimum absolute atomic E-state index is 0.0359. The summed E-state index contributed by atoms with van der Waals surface area (Å²) in [6.45, 7) is 5.01. The van der Waals surface area contributed by atoms with Gasteiger partial charge in [-0.3, -0.25) is 13.5 Å². The van der Waals surface area contributed by atoms with Crippen molar-refractivity contribution in [1.29, 1.82) is 0 Å². The first-order chi connectivity index (χ1) is 11.9. The van der Waals surface area contributed by atoms with Crippen molar-refractivity contribution in [2.24, 2.45) is 5.41 Å². The van der Waals surface area contributed by atoms with E-state index in [0.717, 1.165) is 12.9 Å². The van der Waals surface area contributed by atoms with E-state index < -0.39 is 27.8 Å². The van der Waals surface area contributed by atoms with Gasteiger partial charge in [0, 0.05) is 18.0 Å². The van der Waals surface area contributed by atoms with Gasteiger partial charge in [0.15, 0.2) is 0 Å². The predicted octanol–water partition coefficient (Wildman–Crippen LogP) is 1.54. The lowest BCUT2D eigenvalue weighted by Gasteiger charge is -2.23. The fraction of sp³-hybridized carbons (Fsp3) is 0.267. The molecule has 0 saturated heterocycles. The minimum atomic E-state index is -4.16. The maximum atomic E-state index is 10.8.